The summed E-state index contributed by atoms with van der Waals surface area (Å²) in [5.41, 5.74) is 1.42. The van der Waals surface area contributed by atoms with Gasteiger partial charge in [0.05, 0.1) is 5.56 Å². The van der Waals surface area contributed by atoms with Gasteiger partial charge in [0.15, 0.2) is 5.78 Å². The van der Waals surface area contributed by atoms with E-state index in [2.05, 4.69) is 16.8 Å². The smallest absolute Gasteiger partial charge is 0.195 e. The van der Waals surface area contributed by atoms with Gasteiger partial charge >= 0.3 is 0 Å². The molecule has 24 heavy (non-hydrogen) atoms. The van der Waals surface area contributed by atoms with Gasteiger partial charge in [0.1, 0.15) is 11.6 Å². The van der Waals surface area contributed by atoms with E-state index in [-0.39, 0.29) is 5.56 Å². The quantitative estimate of drug-likeness (QED) is 0.806. The fourth-order valence-corrected chi connectivity index (χ4v) is 2.85. The highest BCUT2D eigenvalue weighted by Gasteiger charge is 2.16. The van der Waals surface area contributed by atoms with Crippen LogP contribution in [-0.4, -0.2) is 48.8 Å². The van der Waals surface area contributed by atoms with Gasteiger partial charge in [-0.2, -0.15) is 0 Å². The zero-order valence-electron chi connectivity index (χ0n) is 13.6. The summed E-state index contributed by atoms with van der Waals surface area (Å²) in [6.45, 7) is 5.00. The van der Waals surface area contributed by atoms with Crippen molar-refractivity contribution in [1.29, 1.82) is 0 Å². The van der Waals surface area contributed by atoms with Crippen LogP contribution in [0.2, 0.25) is 0 Å². The Balaban J connectivity index is 1.68. The molecule has 0 aromatic heterocycles. The molecule has 2 aromatic carbocycles. The van der Waals surface area contributed by atoms with E-state index in [0.29, 0.717) is 5.56 Å². The second kappa shape index (κ2) is 7.20. The van der Waals surface area contributed by atoms with Crippen LogP contribution >= 0.6 is 0 Å². The standard InChI is InChI=1S/C19H20F2N2O/c1-22-8-10-23(11-9-22)13-14-2-4-15(5-3-14)19(24)17-7-6-16(20)12-18(17)21/h2-7,12H,8-11,13H2,1H3. The van der Waals surface area contributed by atoms with Gasteiger partial charge in [-0.05, 0) is 24.7 Å². The lowest BCUT2D eigenvalue weighted by Gasteiger charge is -2.32. The van der Waals surface area contributed by atoms with E-state index < -0.39 is 17.4 Å². The van der Waals surface area contributed by atoms with Gasteiger partial charge in [-0.1, -0.05) is 24.3 Å². The summed E-state index contributed by atoms with van der Waals surface area (Å²) >= 11 is 0. The monoisotopic (exact) mass is 330 g/mol. The number of carbonyl (C=O) groups is 1. The average Bonchev–Trinajstić information content (AvgIpc) is 2.57. The average molecular weight is 330 g/mol. The molecule has 126 valence electrons. The predicted octanol–water partition coefficient (Wildman–Crippen LogP) is 2.94. The van der Waals surface area contributed by atoms with Gasteiger partial charge in [0, 0.05) is 44.4 Å². The number of ketones is 1. The van der Waals surface area contributed by atoms with Crippen molar-refractivity contribution in [2.24, 2.45) is 0 Å². The van der Waals surface area contributed by atoms with Crippen molar-refractivity contribution in [3.05, 3.63) is 70.8 Å². The SMILES string of the molecule is CN1CCN(Cc2ccc(C(=O)c3ccc(F)cc3F)cc2)CC1. The highest BCUT2D eigenvalue weighted by Crippen LogP contribution is 2.16. The van der Waals surface area contributed by atoms with Crippen LogP contribution in [0.15, 0.2) is 42.5 Å². The van der Waals surface area contributed by atoms with Crippen molar-refractivity contribution in [1.82, 2.24) is 9.80 Å². The topological polar surface area (TPSA) is 23.6 Å². The highest BCUT2D eigenvalue weighted by molar-refractivity contribution is 6.09. The van der Waals surface area contributed by atoms with Crippen LogP contribution in [0.4, 0.5) is 8.78 Å². The molecular weight excluding hydrogens is 310 g/mol. The molecule has 0 amide bonds. The summed E-state index contributed by atoms with van der Waals surface area (Å²) in [7, 11) is 2.12. The molecule has 0 spiro atoms. The summed E-state index contributed by atoms with van der Waals surface area (Å²) in [6.07, 6.45) is 0. The minimum atomic E-state index is -0.832. The largest absolute Gasteiger partial charge is 0.304 e. The Morgan fingerprint density at radius 3 is 2.29 bits per heavy atom. The van der Waals surface area contributed by atoms with Gasteiger partial charge in [-0.3, -0.25) is 9.69 Å². The maximum Gasteiger partial charge on any atom is 0.195 e. The molecule has 1 heterocycles. The molecule has 2 aromatic rings. The van der Waals surface area contributed by atoms with Gasteiger partial charge in [-0.25, -0.2) is 8.78 Å². The molecule has 0 radical (unpaired) electrons. The molecule has 0 unspecified atom stereocenters. The molecule has 0 saturated carbocycles. The molecule has 3 rings (SSSR count). The van der Waals surface area contributed by atoms with Crippen LogP contribution in [-0.2, 0) is 6.54 Å². The van der Waals surface area contributed by atoms with Gasteiger partial charge in [0.2, 0.25) is 0 Å². The number of carbonyl (C=O) groups excluding carboxylic acids is 1. The molecule has 3 nitrogen and oxygen atoms in total. The molecule has 0 bridgehead atoms. The number of likely N-dealkylation sites (N-methyl/N-ethyl adjacent to an activating group) is 1. The van der Waals surface area contributed by atoms with E-state index in [9.17, 15) is 13.6 Å². The molecule has 1 saturated heterocycles. The molecular formula is C19H20F2N2O. The Morgan fingerprint density at radius 2 is 1.67 bits per heavy atom. The first-order valence-corrected chi connectivity index (χ1v) is 8.02. The minimum absolute atomic E-state index is 0.108. The number of hydrogen-bond donors (Lipinski definition) is 0. The number of nitrogens with zero attached hydrogens (tertiary/aromatic N) is 2. The van der Waals surface area contributed by atoms with E-state index in [1.807, 2.05) is 12.1 Å². The number of rotatable bonds is 4. The van der Waals surface area contributed by atoms with Crippen LogP contribution in [0, 0.1) is 11.6 Å². The number of benzene rings is 2. The van der Waals surface area contributed by atoms with E-state index in [1.54, 1.807) is 12.1 Å². The van der Waals surface area contributed by atoms with Crippen molar-refractivity contribution in [2.45, 2.75) is 6.54 Å². The van der Waals surface area contributed by atoms with Crippen LogP contribution in [0.5, 0.6) is 0 Å². The lowest BCUT2D eigenvalue weighted by Crippen LogP contribution is -2.43. The van der Waals surface area contributed by atoms with Gasteiger partial charge in [-0.15, -0.1) is 0 Å². The summed E-state index contributed by atoms with van der Waals surface area (Å²) in [5, 5.41) is 0. The molecule has 5 heteroatoms. The molecule has 1 fully saturated rings. The summed E-state index contributed by atoms with van der Waals surface area (Å²) in [4.78, 5) is 17.0. The van der Waals surface area contributed by atoms with Crippen molar-refractivity contribution < 1.29 is 13.6 Å². The predicted molar refractivity (Wildman–Crippen MR) is 89.0 cm³/mol. The Hall–Kier alpha value is -2.11. The van der Waals surface area contributed by atoms with Gasteiger partial charge < -0.3 is 4.90 Å². The van der Waals surface area contributed by atoms with Crippen LogP contribution in [0.1, 0.15) is 21.5 Å². The maximum atomic E-state index is 13.7. The third kappa shape index (κ3) is 3.86. The van der Waals surface area contributed by atoms with Crippen molar-refractivity contribution >= 4 is 5.78 Å². The van der Waals surface area contributed by atoms with E-state index >= 15 is 0 Å². The zero-order valence-corrected chi connectivity index (χ0v) is 13.6. The first-order valence-electron chi connectivity index (χ1n) is 8.02. The summed E-state index contributed by atoms with van der Waals surface area (Å²) in [6, 6.07) is 10.2. The van der Waals surface area contributed by atoms with Crippen LogP contribution in [0.3, 0.4) is 0 Å². The maximum absolute atomic E-state index is 13.7. The van der Waals surface area contributed by atoms with Crippen molar-refractivity contribution in [3.8, 4) is 0 Å². The molecule has 0 atom stereocenters. The fourth-order valence-electron chi connectivity index (χ4n) is 2.85. The second-order valence-electron chi connectivity index (χ2n) is 6.23. The molecule has 1 aliphatic heterocycles. The highest BCUT2D eigenvalue weighted by atomic mass is 19.1. The Morgan fingerprint density at radius 1 is 1.00 bits per heavy atom. The van der Waals surface area contributed by atoms with Crippen molar-refractivity contribution in [2.75, 3.05) is 33.2 Å². The number of hydrogen-bond acceptors (Lipinski definition) is 3. The third-order valence-electron chi connectivity index (χ3n) is 4.39. The van der Waals surface area contributed by atoms with Crippen molar-refractivity contribution in [3.63, 3.8) is 0 Å². The zero-order chi connectivity index (χ0) is 17.1. The normalized spacial score (nSPS) is 16.3. The molecule has 0 N–H and O–H groups in total. The molecule has 1 aliphatic rings. The lowest BCUT2D eigenvalue weighted by atomic mass is 10.0. The van der Waals surface area contributed by atoms with Crippen LogP contribution in [0.25, 0.3) is 0 Å². The van der Waals surface area contributed by atoms with Crippen LogP contribution < -0.4 is 0 Å². The van der Waals surface area contributed by atoms with E-state index in [4.69, 9.17) is 0 Å². The number of piperazine rings is 1. The van der Waals surface area contributed by atoms with E-state index in [0.717, 1.165) is 50.4 Å². The minimum Gasteiger partial charge on any atom is -0.304 e. The third-order valence-corrected chi connectivity index (χ3v) is 4.39. The molecule has 0 aliphatic carbocycles. The van der Waals surface area contributed by atoms with E-state index in [1.165, 1.54) is 6.07 Å². The number of halogens is 2. The first kappa shape index (κ1) is 16.7. The lowest BCUT2D eigenvalue weighted by molar-refractivity contribution is 0.103. The Bertz CT molecular complexity index is 723. The fraction of sp³-hybridized carbons (Fsp3) is 0.316. The summed E-state index contributed by atoms with van der Waals surface area (Å²) < 4.78 is 26.7. The summed E-state index contributed by atoms with van der Waals surface area (Å²) in [5.74, 6) is -1.95. The Labute approximate surface area is 140 Å². The second-order valence-corrected chi connectivity index (χ2v) is 6.23. The first-order chi connectivity index (χ1) is 11.5. The van der Waals surface area contributed by atoms with Gasteiger partial charge in [0.25, 0.3) is 0 Å². The Kier molecular flexibility index (Phi) is 5.02.